The monoisotopic (exact) mass is 385 g/mol. The lowest BCUT2D eigenvalue weighted by atomic mass is 9.47. The molecule has 0 aromatic heterocycles. The van der Waals surface area contributed by atoms with Gasteiger partial charge in [-0.3, -0.25) is 10.2 Å². The lowest BCUT2D eigenvalue weighted by Gasteiger charge is -2.57. The normalized spacial score (nSPS) is 41.1. The van der Waals surface area contributed by atoms with Gasteiger partial charge < -0.3 is 10.6 Å². The zero-order valence-electron chi connectivity index (χ0n) is 17.4. The van der Waals surface area contributed by atoms with E-state index < -0.39 is 0 Å². The molecule has 0 bridgehead atoms. The van der Waals surface area contributed by atoms with Crippen molar-refractivity contribution in [2.24, 2.45) is 39.5 Å². The largest absolute Gasteiger partial charge is 0.396 e. The first kappa shape index (κ1) is 19.7. The minimum atomic E-state index is -0.0340. The number of oxime groups is 1. The third kappa shape index (κ3) is 3.21. The Labute approximate surface area is 168 Å². The predicted octanol–water partition coefficient (Wildman–Crippen LogP) is 4.61. The maximum Gasteiger partial charge on any atom is 0.139 e. The first-order valence-electron chi connectivity index (χ1n) is 11.1. The first-order valence-corrected chi connectivity index (χ1v) is 11.1. The highest BCUT2D eigenvalue weighted by Crippen LogP contribution is 2.64. The number of rotatable bonds is 5. The molecule has 0 saturated heterocycles. The maximum absolute atomic E-state index is 12.5. The number of nitrogens with one attached hydrogen (secondary N) is 1. The number of allylic oxidation sites excluding steroid dienone is 2. The zero-order valence-corrected chi connectivity index (χ0v) is 17.4. The van der Waals surface area contributed by atoms with Crippen LogP contribution in [0.3, 0.4) is 0 Å². The Balaban J connectivity index is 1.45. The minimum absolute atomic E-state index is 0.0340. The number of hydrogen-bond donors (Lipinski definition) is 2. The Hall–Kier alpha value is -1.65. The molecule has 0 spiro atoms. The van der Waals surface area contributed by atoms with E-state index in [1.165, 1.54) is 12.8 Å². The van der Waals surface area contributed by atoms with Crippen LogP contribution in [-0.2, 0) is 9.63 Å². The van der Waals surface area contributed by atoms with Gasteiger partial charge >= 0.3 is 0 Å². The molecule has 3 fully saturated rings. The number of fused-ring (bicyclic) bond motifs is 5. The summed E-state index contributed by atoms with van der Waals surface area (Å²) in [5.74, 6) is 2.78. The average molecular weight is 386 g/mol. The summed E-state index contributed by atoms with van der Waals surface area (Å²) in [5.41, 5.74) is 8.22. The number of carbonyl (C=O) groups excluding carboxylic acids is 1. The number of nitrogens with zero attached hydrogens (tertiary/aromatic N) is 1. The second-order valence-corrected chi connectivity index (χ2v) is 9.97. The first-order chi connectivity index (χ1) is 13.3. The SMILES string of the molecule is C[C@]12CCC(=NOCCCC(=N)N)C=C1CCC1C2CC[C@]2(C)C(=O)CCC12. The van der Waals surface area contributed by atoms with Crippen LogP contribution in [0.15, 0.2) is 16.8 Å². The molecule has 0 radical (unpaired) electrons. The van der Waals surface area contributed by atoms with Crippen molar-refractivity contribution in [3.05, 3.63) is 11.6 Å². The van der Waals surface area contributed by atoms with Gasteiger partial charge in [0, 0.05) is 18.3 Å². The molecule has 4 rings (SSSR count). The molecule has 3 unspecified atom stereocenters. The molecule has 154 valence electrons. The van der Waals surface area contributed by atoms with Gasteiger partial charge in [-0.05, 0) is 80.6 Å². The van der Waals surface area contributed by atoms with Crippen LogP contribution in [0.4, 0.5) is 0 Å². The summed E-state index contributed by atoms with van der Waals surface area (Å²) in [6.45, 7) is 5.24. The molecule has 0 heterocycles. The molecule has 0 aromatic carbocycles. The topological polar surface area (TPSA) is 88.5 Å². The summed E-state index contributed by atoms with van der Waals surface area (Å²) in [7, 11) is 0. The summed E-state index contributed by atoms with van der Waals surface area (Å²) < 4.78 is 0. The Kier molecular flexibility index (Phi) is 5.13. The van der Waals surface area contributed by atoms with Gasteiger partial charge in [0.2, 0.25) is 0 Å². The van der Waals surface area contributed by atoms with Crippen LogP contribution < -0.4 is 5.73 Å². The van der Waals surface area contributed by atoms with Gasteiger partial charge in [-0.25, -0.2) is 0 Å². The van der Waals surface area contributed by atoms with Crippen molar-refractivity contribution in [2.45, 2.75) is 78.1 Å². The highest BCUT2D eigenvalue weighted by Gasteiger charge is 2.58. The third-order valence-electron chi connectivity index (χ3n) is 8.55. The van der Waals surface area contributed by atoms with Crippen LogP contribution in [0.1, 0.15) is 78.1 Å². The molecule has 5 heteroatoms. The molecular weight excluding hydrogens is 350 g/mol. The number of amidine groups is 1. The second-order valence-electron chi connectivity index (χ2n) is 9.97. The molecule has 4 aliphatic rings. The highest BCUT2D eigenvalue weighted by molar-refractivity contribution is 5.96. The molecule has 28 heavy (non-hydrogen) atoms. The van der Waals surface area contributed by atoms with Crippen LogP contribution in [0.25, 0.3) is 0 Å². The summed E-state index contributed by atoms with van der Waals surface area (Å²) in [4.78, 5) is 18.0. The van der Waals surface area contributed by atoms with Crippen molar-refractivity contribution in [2.75, 3.05) is 6.61 Å². The van der Waals surface area contributed by atoms with E-state index in [0.29, 0.717) is 30.6 Å². The van der Waals surface area contributed by atoms with Gasteiger partial charge in [-0.15, -0.1) is 0 Å². The van der Waals surface area contributed by atoms with E-state index in [1.807, 2.05) is 0 Å². The average Bonchev–Trinajstić information content (AvgIpc) is 2.96. The van der Waals surface area contributed by atoms with Crippen LogP contribution in [-0.4, -0.2) is 23.9 Å². The van der Waals surface area contributed by atoms with Gasteiger partial charge in [0.25, 0.3) is 0 Å². The lowest BCUT2D eigenvalue weighted by molar-refractivity contribution is -0.132. The lowest BCUT2D eigenvalue weighted by Crippen LogP contribution is -2.50. The number of ketones is 1. The smallest absolute Gasteiger partial charge is 0.139 e. The molecule has 4 aliphatic carbocycles. The van der Waals surface area contributed by atoms with Crippen LogP contribution in [0, 0.1) is 34.0 Å². The number of carbonyl (C=O) groups is 1. The van der Waals surface area contributed by atoms with Gasteiger partial charge in [-0.1, -0.05) is 24.6 Å². The molecule has 0 amide bonds. The van der Waals surface area contributed by atoms with Crippen molar-refractivity contribution >= 4 is 17.3 Å². The van der Waals surface area contributed by atoms with Gasteiger partial charge in [0.15, 0.2) is 0 Å². The van der Waals surface area contributed by atoms with Gasteiger partial charge in [-0.2, -0.15) is 0 Å². The van der Waals surface area contributed by atoms with Gasteiger partial charge in [0.05, 0.1) is 11.5 Å². The number of hydrogen-bond acceptors (Lipinski definition) is 4. The number of nitrogens with two attached hydrogens (primary N) is 1. The molecule has 0 aliphatic heterocycles. The summed E-state index contributed by atoms with van der Waals surface area (Å²) in [6, 6.07) is 0. The zero-order chi connectivity index (χ0) is 19.9. The standard InChI is InChI=1S/C23H35N3O2/c1-22-11-9-16(26-28-13-3-4-21(24)25)14-15(22)5-6-17-18-7-8-20(27)23(18,2)12-10-19(17)22/h14,17-19H,3-13H2,1-2H3,(H3,24,25)/t17?,18?,19?,22-,23-/m0/s1. The Bertz CT molecular complexity index is 727. The fourth-order valence-corrected chi connectivity index (χ4v) is 6.87. The molecule has 3 N–H and O–H groups in total. The van der Waals surface area contributed by atoms with E-state index >= 15 is 0 Å². The second kappa shape index (κ2) is 7.31. The van der Waals surface area contributed by atoms with E-state index in [2.05, 4.69) is 25.1 Å². The van der Waals surface area contributed by atoms with E-state index in [1.54, 1.807) is 5.57 Å². The van der Waals surface area contributed by atoms with Crippen molar-refractivity contribution < 1.29 is 9.63 Å². The van der Waals surface area contributed by atoms with Crippen molar-refractivity contribution in [3.8, 4) is 0 Å². The van der Waals surface area contributed by atoms with E-state index in [-0.39, 0.29) is 16.7 Å². The fourth-order valence-electron chi connectivity index (χ4n) is 6.87. The molecule has 0 aromatic rings. The van der Waals surface area contributed by atoms with Crippen LogP contribution in [0.2, 0.25) is 0 Å². The summed E-state index contributed by atoms with van der Waals surface area (Å²) in [6.07, 6.45) is 12.3. The van der Waals surface area contributed by atoms with Crippen molar-refractivity contribution in [1.82, 2.24) is 0 Å². The van der Waals surface area contributed by atoms with E-state index in [9.17, 15) is 4.79 Å². The Morgan fingerprint density at radius 1 is 1.18 bits per heavy atom. The highest BCUT2D eigenvalue weighted by atomic mass is 16.6. The maximum atomic E-state index is 12.5. The summed E-state index contributed by atoms with van der Waals surface area (Å²) in [5, 5.41) is 11.6. The molecular formula is C23H35N3O2. The molecule has 3 saturated carbocycles. The summed E-state index contributed by atoms with van der Waals surface area (Å²) >= 11 is 0. The van der Waals surface area contributed by atoms with Gasteiger partial charge in [0.1, 0.15) is 12.4 Å². The quantitative estimate of drug-likeness (QED) is 0.313. The Morgan fingerprint density at radius 2 is 1.96 bits per heavy atom. The molecule has 5 atom stereocenters. The number of Topliss-reactive ketones (excluding diaryl/α,β-unsaturated/α-hetero) is 1. The third-order valence-corrected chi connectivity index (χ3v) is 8.55. The van der Waals surface area contributed by atoms with E-state index in [0.717, 1.165) is 56.6 Å². The van der Waals surface area contributed by atoms with Crippen LogP contribution >= 0.6 is 0 Å². The fraction of sp³-hybridized carbons (Fsp3) is 0.783. The molecule has 5 nitrogen and oxygen atoms in total. The van der Waals surface area contributed by atoms with Crippen molar-refractivity contribution in [3.63, 3.8) is 0 Å². The Morgan fingerprint density at radius 3 is 2.75 bits per heavy atom. The van der Waals surface area contributed by atoms with E-state index in [4.69, 9.17) is 16.0 Å². The van der Waals surface area contributed by atoms with Crippen LogP contribution in [0.5, 0.6) is 0 Å². The van der Waals surface area contributed by atoms with Crippen molar-refractivity contribution in [1.29, 1.82) is 5.41 Å². The minimum Gasteiger partial charge on any atom is -0.396 e. The predicted molar refractivity (Wildman–Crippen MR) is 111 cm³/mol.